The molecule has 4 rings (SSSR count). The summed E-state index contributed by atoms with van der Waals surface area (Å²) in [6.45, 7) is 6.64. The third-order valence-electron chi connectivity index (χ3n) is 5.10. The van der Waals surface area contributed by atoms with Crippen LogP contribution >= 0.6 is 11.3 Å². The Hall–Kier alpha value is -3.86. The minimum atomic E-state index is -0.250. The summed E-state index contributed by atoms with van der Waals surface area (Å²) in [5, 5.41) is 19.7. The quantitative estimate of drug-likeness (QED) is 0.229. The standard InChI is InChI=1S/C23H26N6O2S.CH2O2/c1-4-5-6-19-14(2)27-23(32-19)22(30)26-12-11-25-21-18-13-17(20-28-15(3)31-29-20)8-7-16(18)9-10-24-21;2-1-3/h7-10,13H,4-6,11-12H2,1-3H3,(H,24,25)(H,26,30);1H,(H,2,3). The summed E-state index contributed by atoms with van der Waals surface area (Å²) in [7, 11) is 0. The largest absolute Gasteiger partial charge is 0.483 e. The Morgan fingerprint density at radius 2 is 2.00 bits per heavy atom. The summed E-state index contributed by atoms with van der Waals surface area (Å²) in [5.41, 5.74) is 1.82. The van der Waals surface area contributed by atoms with Crippen LogP contribution in [0.3, 0.4) is 0 Å². The number of carbonyl (C=O) groups excluding carboxylic acids is 1. The molecule has 0 saturated heterocycles. The molecule has 0 saturated carbocycles. The molecule has 1 amide bonds. The van der Waals surface area contributed by atoms with Gasteiger partial charge in [0.25, 0.3) is 12.4 Å². The van der Waals surface area contributed by atoms with Gasteiger partial charge in [0, 0.05) is 42.0 Å². The Balaban J connectivity index is 0.00000108. The van der Waals surface area contributed by atoms with Crippen molar-refractivity contribution in [2.45, 2.75) is 40.0 Å². The highest BCUT2D eigenvalue weighted by Crippen LogP contribution is 2.26. The molecule has 3 N–H and O–H groups in total. The highest BCUT2D eigenvalue weighted by Gasteiger charge is 2.14. The van der Waals surface area contributed by atoms with Gasteiger partial charge in [-0.05, 0) is 37.3 Å². The van der Waals surface area contributed by atoms with Crippen molar-refractivity contribution in [3.63, 3.8) is 0 Å². The van der Waals surface area contributed by atoms with Crippen molar-refractivity contribution in [2.75, 3.05) is 18.4 Å². The number of carboxylic acid groups (broad SMARTS) is 1. The van der Waals surface area contributed by atoms with E-state index in [0.717, 1.165) is 47.1 Å². The van der Waals surface area contributed by atoms with E-state index in [-0.39, 0.29) is 12.4 Å². The molecule has 3 aromatic heterocycles. The number of hydrogen-bond acceptors (Lipinski definition) is 9. The van der Waals surface area contributed by atoms with E-state index >= 15 is 0 Å². The number of nitrogens with zero attached hydrogens (tertiary/aromatic N) is 4. The number of pyridine rings is 1. The number of carbonyl (C=O) groups is 2. The number of amides is 1. The highest BCUT2D eigenvalue weighted by atomic mass is 32.1. The first kappa shape index (κ1) is 25.8. The molecule has 0 bridgehead atoms. The molecule has 3 heterocycles. The van der Waals surface area contributed by atoms with Gasteiger partial charge in [-0.3, -0.25) is 9.59 Å². The molecule has 10 nitrogen and oxygen atoms in total. The number of anilines is 1. The summed E-state index contributed by atoms with van der Waals surface area (Å²) in [6.07, 6.45) is 4.98. The second kappa shape index (κ2) is 12.6. The van der Waals surface area contributed by atoms with Crippen molar-refractivity contribution >= 4 is 40.3 Å². The minimum Gasteiger partial charge on any atom is -0.483 e. The lowest BCUT2D eigenvalue weighted by Gasteiger charge is -2.10. The van der Waals surface area contributed by atoms with Crippen LogP contribution in [0.5, 0.6) is 0 Å². The Morgan fingerprint density at radius 3 is 2.71 bits per heavy atom. The number of aromatic nitrogens is 4. The van der Waals surface area contributed by atoms with E-state index in [1.54, 1.807) is 13.1 Å². The maximum Gasteiger partial charge on any atom is 0.290 e. The first-order valence-corrected chi connectivity index (χ1v) is 12.0. The Kier molecular flexibility index (Phi) is 9.24. The second-order valence-corrected chi connectivity index (χ2v) is 8.74. The summed E-state index contributed by atoms with van der Waals surface area (Å²) < 4.78 is 5.09. The molecule has 11 heteroatoms. The zero-order valence-corrected chi connectivity index (χ0v) is 20.7. The SMILES string of the molecule is CCCCc1sc(C(=O)NCCNc2nccc3ccc(-c4noc(C)n4)cc23)nc1C.O=CO. The maximum absolute atomic E-state index is 12.5. The lowest BCUT2D eigenvalue weighted by atomic mass is 10.1. The van der Waals surface area contributed by atoms with Gasteiger partial charge in [0.05, 0.1) is 5.69 Å². The number of hydrogen-bond donors (Lipinski definition) is 3. The minimum absolute atomic E-state index is 0.136. The van der Waals surface area contributed by atoms with Gasteiger partial charge in [0.2, 0.25) is 11.7 Å². The van der Waals surface area contributed by atoms with Crippen LogP contribution in [0.25, 0.3) is 22.2 Å². The van der Waals surface area contributed by atoms with Gasteiger partial charge < -0.3 is 20.3 Å². The Morgan fingerprint density at radius 1 is 1.20 bits per heavy atom. The van der Waals surface area contributed by atoms with Gasteiger partial charge in [-0.25, -0.2) is 9.97 Å². The van der Waals surface area contributed by atoms with E-state index in [0.29, 0.717) is 29.8 Å². The average molecular weight is 497 g/mol. The number of benzene rings is 1. The lowest BCUT2D eigenvalue weighted by Crippen LogP contribution is -2.28. The summed E-state index contributed by atoms with van der Waals surface area (Å²) >= 11 is 1.49. The molecular weight excluding hydrogens is 468 g/mol. The van der Waals surface area contributed by atoms with Gasteiger partial charge in [-0.15, -0.1) is 11.3 Å². The Bertz CT molecular complexity index is 1290. The summed E-state index contributed by atoms with van der Waals surface area (Å²) in [5.74, 6) is 1.67. The third kappa shape index (κ3) is 6.82. The van der Waals surface area contributed by atoms with Crippen LogP contribution in [-0.4, -0.2) is 50.7 Å². The number of aryl methyl sites for hydroxylation is 3. The van der Waals surface area contributed by atoms with Crippen molar-refractivity contribution in [2.24, 2.45) is 0 Å². The number of thiazole rings is 1. The van der Waals surface area contributed by atoms with Crippen LogP contribution in [0, 0.1) is 13.8 Å². The topological polar surface area (TPSA) is 143 Å². The average Bonchev–Trinajstić information content (AvgIpc) is 3.46. The summed E-state index contributed by atoms with van der Waals surface area (Å²) in [6, 6.07) is 7.91. The fourth-order valence-corrected chi connectivity index (χ4v) is 4.41. The number of nitrogens with one attached hydrogen (secondary N) is 2. The highest BCUT2D eigenvalue weighted by molar-refractivity contribution is 7.13. The number of fused-ring (bicyclic) bond motifs is 1. The van der Waals surface area contributed by atoms with Crippen LogP contribution in [0.2, 0.25) is 0 Å². The fourth-order valence-electron chi connectivity index (χ4n) is 3.39. The fraction of sp³-hybridized carbons (Fsp3) is 0.333. The molecule has 1 aromatic carbocycles. The molecule has 0 aliphatic heterocycles. The van der Waals surface area contributed by atoms with Crippen LogP contribution in [-0.2, 0) is 11.2 Å². The van der Waals surface area contributed by atoms with E-state index < -0.39 is 0 Å². The maximum atomic E-state index is 12.5. The molecule has 0 aliphatic rings. The first-order valence-electron chi connectivity index (χ1n) is 11.2. The van der Waals surface area contributed by atoms with E-state index in [4.69, 9.17) is 14.4 Å². The molecule has 0 spiro atoms. The molecule has 0 atom stereocenters. The van der Waals surface area contributed by atoms with Gasteiger partial charge in [-0.2, -0.15) is 4.98 Å². The second-order valence-electron chi connectivity index (χ2n) is 7.65. The van der Waals surface area contributed by atoms with Crippen molar-refractivity contribution < 1.29 is 19.2 Å². The summed E-state index contributed by atoms with van der Waals surface area (Å²) in [4.78, 5) is 35.2. The van der Waals surface area contributed by atoms with E-state index in [1.807, 2.05) is 31.2 Å². The number of rotatable bonds is 9. The van der Waals surface area contributed by atoms with Crippen molar-refractivity contribution in [1.29, 1.82) is 0 Å². The van der Waals surface area contributed by atoms with Crippen LogP contribution in [0.15, 0.2) is 35.0 Å². The number of unbranched alkanes of at least 4 members (excludes halogenated alkanes) is 1. The van der Waals surface area contributed by atoms with Crippen LogP contribution in [0.1, 0.15) is 46.0 Å². The van der Waals surface area contributed by atoms with Crippen molar-refractivity contribution in [1.82, 2.24) is 25.4 Å². The molecule has 0 unspecified atom stereocenters. The lowest BCUT2D eigenvalue weighted by molar-refractivity contribution is -0.122. The molecule has 184 valence electrons. The van der Waals surface area contributed by atoms with Crippen molar-refractivity contribution in [3.05, 3.63) is 51.9 Å². The first-order chi connectivity index (χ1) is 17.0. The molecule has 35 heavy (non-hydrogen) atoms. The molecular formula is C24H28N6O4S. The predicted molar refractivity (Wildman–Crippen MR) is 135 cm³/mol. The van der Waals surface area contributed by atoms with Crippen LogP contribution in [0.4, 0.5) is 5.82 Å². The molecule has 0 radical (unpaired) electrons. The predicted octanol–water partition coefficient (Wildman–Crippen LogP) is 4.24. The molecule has 0 fully saturated rings. The van der Waals surface area contributed by atoms with Gasteiger partial charge in [0.15, 0.2) is 5.01 Å². The molecule has 0 aliphatic carbocycles. The monoisotopic (exact) mass is 496 g/mol. The van der Waals surface area contributed by atoms with Gasteiger partial charge in [0.1, 0.15) is 5.82 Å². The molecule has 4 aromatic rings. The van der Waals surface area contributed by atoms with Gasteiger partial charge in [-0.1, -0.05) is 30.6 Å². The van der Waals surface area contributed by atoms with Crippen LogP contribution < -0.4 is 10.6 Å². The van der Waals surface area contributed by atoms with E-state index in [9.17, 15) is 4.79 Å². The van der Waals surface area contributed by atoms with E-state index in [2.05, 4.69) is 37.7 Å². The van der Waals surface area contributed by atoms with Crippen molar-refractivity contribution in [3.8, 4) is 11.4 Å². The normalized spacial score (nSPS) is 10.5. The zero-order valence-electron chi connectivity index (χ0n) is 19.9. The Labute approximate surface area is 206 Å². The van der Waals surface area contributed by atoms with Gasteiger partial charge >= 0.3 is 0 Å². The third-order valence-corrected chi connectivity index (χ3v) is 6.32. The van der Waals surface area contributed by atoms with E-state index in [1.165, 1.54) is 16.2 Å². The zero-order chi connectivity index (χ0) is 25.2. The smallest absolute Gasteiger partial charge is 0.290 e.